The monoisotopic (exact) mass is 406 g/mol. The molecule has 1 fully saturated rings. The maximum Gasteiger partial charge on any atom is 0.270 e. The van der Waals surface area contributed by atoms with Gasteiger partial charge in [0.2, 0.25) is 10.0 Å². The summed E-state index contributed by atoms with van der Waals surface area (Å²) < 4.78 is 27.1. The van der Waals surface area contributed by atoms with E-state index >= 15 is 0 Å². The fourth-order valence-electron chi connectivity index (χ4n) is 2.99. The standard InChI is InChI=1S/C17H22N6O4S/c1-13-18-16(20(2)3)12-17(19-13)21-7-9-22(10-8-21)28(26,27)15-6-4-5-14(11-15)23(24)25/h4-6,11-12H,7-10H2,1-3H3. The van der Waals surface area contributed by atoms with Gasteiger partial charge in [-0.3, -0.25) is 10.1 Å². The fourth-order valence-corrected chi connectivity index (χ4v) is 4.45. The number of rotatable bonds is 5. The molecule has 0 unspecified atom stereocenters. The lowest BCUT2D eigenvalue weighted by molar-refractivity contribution is -0.385. The zero-order valence-electron chi connectivity index (χ0n) is 15.9. The number of aromatic nitrogens is 2. The molecule has 1 aromatic heterocycles. The second-order valence-corrected chi connectivity index (χ2v) is 8.61. The summed E-state index contributed by atoms with van der Waals surface area (Å²) in [7, 11) is 0.00366. The number of piperazine rings is 1. The first kappa shape index (κ1) is 20.0. The Hall–Kier alpha value is -2.79. The number of nitro benzene ring substituents is 1. The van der Waals surface area contributed by atoms with E-state index in [9.17, 15) is 18.5 Å². The van der Waals surface area contributed by atoms with Gasteiger partial charge in [-0.1, -0.05) is 6.07 Å². The molecular weight excluding hydrogens is 384 g/mol. The van der Waals surface area contributed by atoms with Crippen LogP contribution in [0.15, 0.2) is 35.2 Å². The third-order valence-corrected chi connectivity index (χ3v) is 6.39. The van der Waals surface area contributed by atoms with Crippen molar-refractivity contribution >= 4 is 27.3 Å². The fraction of sp³-hybridized carbons (Fsp3) is 0.412. The van der Waals surface area contributed by atoms with E-state index in [0.29, 0.717) is 18.9 Å². The van der Waals surface area contributed by atoms with Gasteiger partial charge in [0.1, 0.15) is 17.5 Å². The van der Waals surface area contributed by atoms with E-state index in [-0.39, 0.29) is 23.7 Å². The number of nitrogens with zero attached hydrogens (tertiary/aromatic N) is 6. The van der Waals surface area contributed by atoms with Crippen LogP contribution in [0.2, 0.25) is 0 Å². The number of non-ortho nitro benzene ring substituents is 1. The van der Waals surface area contributed by atoms with Gasteiger partial charge in [0.05, 0.1) is 9.82 Å². The molecule has 2 heterocycles. The Morgan fingerprint density at radius 1 is 1.11 bits per heavy atom. The summed E-state index contributed by atoms with van der Waals surface area (Å²) in [5.74, 6) is 2.19. The number of hydrogen-bond acceptors (Lipinski definition) is 8. The van der Waals surface area contributed by atoms with Crippen molar-refractivity contribution in [3.63, 3.8) is 0 Å². The van der Waals surface area contributed by atoms with Crippen molar-refractivity contribution < 1.29 is 13.3 Å². The minimum atomic E-state index is -3.79. The summed E-state index contributed by atoms with van der Waals surface area (Å²) in [4.78, 5) is 23.0. The van der Waals surface area contributed by atoms with Crippen LogP contribution >= 0.6 is 0 Å². The van der Waals surface area contributed by atoms with Crippen LogP contribution < -0.4 is 9.80 Å². The highest BCUT2D eigenvalue weighted by Crippen LogP contribution is 2.24. The molecule has 0 aliphatic carbocycles. The maximum absolute atomic E-state index is 12.9. The molecule has 28 heavy (non-hydrogen) atoms. The SMILES string of the molecule is Cc1nc(N(C)C)cc(N2CCN(S(=O)(=O)c3cccc([N+](=O)[O-])c3)CC2)n1. The quantitative estimate of drug-likeness (QED) is 0.539. The Kier molecular flexibility index (Phi) is 5.47. The van der Waals surface area contributed by atoms with Gasteiger partial charge in [-0.2, -0.15) is 4.31 Å². The smallest absolute Gasteiger partial charge is 0.270 e. The molecule has 0 saturated carbocycles. The Balaban J connectivity index is 1.76. The van der Waals surface area contributed by atoms with Gasteiger partial charge < -0.3 is 9.80 Å². The molecule has 1 aliphatic heterocycles. The first-order chi connectivity index (χ1) is 13.2. The Morgan fingerprint density at radius 3 is 2.39 bits per heavy atom. The highest BCUT2D eigenvalue weighted by Gasteiger charge is 2.30. The predicted octanol–water partition coefficient (Wildman–Crippen LogP) is 1.27. The van der Waals surface area contributed by atoms with Gasteiger partial charge in [0.25, 0.3) is 5.69 Å². The van der Waals surface area contributed by atoms with Crippen molar-refractivity contribution in [3.05, 3.63) is 46.3 Å². The molecule has 1 saturated heterocycles. The largest absolute Gasteiger partial charge is 0.363 e. The van der Waals surface area contributed by atoms with Crippen molar-refractivity contribution in [2.24, 2.45) is 0 Å². The normalized spacial score (nSPS) is 15.5. The number of nitro groups is 1. The number of anilines is 2. The van der Waals surface area contributed by atoms with Crippen molar-refractivity contribution in [3.8, 4) is 0 Å². The lowest BCUT2D eigenvalue weighted by Crippen LogP contribution is -2.49. The average molecular weight is 406 g/mol. The zero-order valence-corrected chi connectivity index (χ0v) is 16.8. The lowest BCUT2D eigenvalue weighted by Gasteiger charge is -2.35. The van der Waals surface area contributed by atoms with Crippen LogP contribution in [0.5, 0.6) is 0 Å². The van der Waals surface area contributed by atoms with E-state index in [2.05, 4.69) is 9.97 Å². The molecule has 1 aromatic carbocycles. The molecule has 0 spiro atoms. The molecule has 0 N–H and O–H groups in total. The molecule has 0 atom stereocenters. The highest BCUT2D eigenvalue weighted by atomic mass is 32.2. The summed E-state index contributed by atoms with van der Waals surface area (Å²) in [5, 5.41) is 10.9. The summed E-state index contributed by atoms with van der Waals surface area (Å²) in [6, 6.07) is 7.01. The second-order valence-electron chi connectivity index (χ2n) is 6.67. The van der Waals surface area contributed by atoms with Crippen LogP contribution in [0.3, 0.4) is 0 Å². The summed E-state index contributed by atoms with van der Waals surface area (Å²) in [5.41, 5.74) is -0.243. The molecule has 3 rings (SSSR count). The van der Waals surface area contributed by atoms with Crippen molar-refractivity contribution in [2.45, 2.75) is 11.8 Å². The predicted molar refractivity (Wildman–Crippen MR) is 105 cm³/mol. The first-order valence-corrected chi connectivity index (χ1v) is 10.1. The molecule has 0 amide bonds. The molecule has 0 radical (unpaired) electrons. The molecule has 1 aliphatic rings. The number of hydrogen-bond donors (Lipinski definition) is 0. The van der Waals surface area contributed by atoms with Crippen LogP contribution in [-0.4, -0.2) is 67.9 Å². The van der Waals surface area contributed by atoms with E-state index in [1.54, 1.807) is 0 Å². The molecule has 0 bridgehead atoms. The minimum absolute atomic E-state index is 0.0667. The topological polar surface area (TPSA) is 113 Å². The van der Waals surface area contributed by atoms with E-state index < -0.39 is 14.9 Å². The van der Waals surface area contributed by atoms with Gasteiger partial charge in [-0.15, -0.1) is 0 Å². The van der Waals surface area contributed by atoms with E-state index in [4.69, 9.17) is 0 Å². The van der Waals surface area contributed by atoms with Crippen LogP contribution in [-0.2, 0) is 10.0 Å². The van der Waals surface area contributed by atoms with Gasteiger partial charge in [-0.25, -0.2) is 18.4 Å². The Morgan fingerprint density at radius 2 is 1.79 bits per heavy atom. The van der Waals surface area contributed by atoms with Gasteiger partial charge in [0.15, 0.2) is 0 Å². The second kappa shape index (κ2) is 7.68. The van der Waals surface area contributed by atoms with Gasteiger partial charge >= 0.3 is 0 Å². The van der Waals surface area contributed by atoms with E-state index in [1.807, 2.05) is 36.9 Å². The number of aryl methyl sites for hydroxylation is 1. The van der Waals surface area contributed by atoms with Crippen molar-refractivity contribution in [1.29, 1.82) is 0 Å². The van der Waals surface area contributed by atoms with Gasteiger partial charge in [0, 0.05) is 58.5 Å². The molecule has 10 nitrogen and oxygen atoms in total. The highest BCUT2D eigenvalue weighted by molar-refractivity contribution is 7.89. The summed E-state index contributed by atoms with van der Waals surface area (Å²) >= 11 is 0. The zero-order chi connectivity index (χ0) is 20.5. The van der Waals surface area contributed by atoms with Crippen LogP contribution in [0.25, 0.3) is 0 Å². The third-order valence-electron chi connectivity index (χ3n) is 4.50. The third kappa shape index (κ3) is 4.04. The minimum Gasteiger partial charge on any atom is -0.363 e. The van der Waals surface area contributed by atoms with Crippen LogP contribution in [0, 0.1) is 17.0 Å². The van der Waals surface area contributed by atoms with Crippen molar-refractivity contribution in [2.75, 3.05) is 50.1 Å². The first-order valence-electron chi connectivity index (χ1n) is 8.71. The van der Waals surface area contributed by atoms with E-state index in [0.717, 1.165) is 17.7 Å². The lowest BCUT2D eigenvalue weighted by atomic mass is 10.3. The Bertz CT molecular complexity index is 987. The summed E-state index contributed by atoms with van der Waals surface area (Å²) in [6.07, 6.45) is 0. The van der Waals surface area contributed by atoms with E-state index in [1.165, 1.54) is 22.5 Å². The number of sulfonamides is 1. The molecule has 11 heteroatoms. The van der Waals surface area contributed by atoms with Crippen LogP contribution in [0.1, 0.15) is 5.82 Å². The molecule has 150 valence electrons. The van der Waals surface area contributed by atoms with Crippen molar-refractivity contribution in [1.82, 2.24) is 14.3 Å². The van der Waals surface area contributed by atoms with Gasteiger partial charge in [-0.05, 0) is 13.0 Å². The maximum atomic E-state index is 12.9. The molecular formula is C17H22N6O4S. The summed E-state index contributed by atoms with van der Waals surface area (Å²) in [6.45, 7) is 3.30. The molecule has 2 aromatic rings. The number of benzene rings is 1. The average Bonchev–Trinajstić information content (AvgIpc) is 2.67. The van der Waals surface area contributed by atoms with Crippen LogP contribution in [0.4, 0.5) is 17.3 Å². The Labute approximate surface area is 163 Å².